The van der Waals surface area contributed by atoms with Gasteiger partial charge in [0, 0.05) is 30.7 Å². The SMILES string of the molecule is CN(CCNC(=O)c1sc2ncccc2c1N)C1CC1. The van der Waals surface area contributed by atoms with Gasteiger partial charge in [-0.3, -0.25) is 4.79 Å². The Morgan fingerprint density at radius 2 is 2.40 bits per heavy atom. The van der Waals surface area contributed by atoms with E-state index in [1.54, 1.807) is 6.20 Å². The lowest BCUT2D eigenvalue weighted by atomic mass is 10.2. The van der Waals surface area contributed by atoms with Crippen molar-refractivity contribution >= 4 is 33.1 Å². The smallest absolute Gasteiger partial charge is 0.263 e. The molecule has 5 nitrogen and oxygen atoms in total. The summed E-state index contributed by atoms with van der Waals surface area (Å²) in [5, 5.41) is 3.80. The Morgan fingerprint density at radius 3 is 3.10 bits per heavy atom. The van der Waals surface area contributed by atoms with Crippen molar-refractivity contribution in [1.29, 1.82) is 0 Å². The van der Waals surface area contributed by atoms with Crippen LogP contribution in [-0.2, 0) is 0 Å². The van der Waals surface area contributed by atoms with Crippen molar-refractivity contribution in [1.82, 2.24) is 15.2 Å². The summed E-state index contributed by atoms with van der Waals surface area (Å²) >= 11 is 1.35. The first-order valence-electron chi connectivity index (χ1n) is 6.78. The van der Waals surface area contributed by atoms with Crippen LogP contribution in [0, 0.1) is 0 Å². The van der Waals surface area contributed by atoms with E-state index in [0.717, 1.165) is 16.8 Å². The molecule has 1 fully saturated rings. The molecule has 0 spiro atoms. The van der Waals surface area contributed by atoms with E-state index in [9.17, 15) is 4.79 Å². The number of carbonyl (C=O) groups excluding carboxylic acids is 1. The van der Waals surface area contributed by atoms with Crippen molar-refractivity contribution in [3.8, 4) is 0 Å². The third kappa shape index (κ3) is 2.62. The molecule has 3 N–H and O–H groups in total. The van der Waals surface area contributed by atoms with Gasteiger partial charge in [0.1, 0.15) is 9.71 Å². The van der Waals surface area contributed by atoms with Crippen molar-refractivity contribution in [2.24, 2.45) is 0 Å². The van der Waals surface area contributed by atoms with E-state index in [1.807, 2.05) is 12.1 Å². The first-order valence-corrected chi connectivity index (χ1v) is 7.60. The maximum Gasteiger partial charge on any atom is 0.263 e. The molecule has 1 aliphatic carbocycles. The molecule has 0 saturated heterocycles. The average Bonchev–Trinajstić information content (AvgIpc) is 3.24. The Morgan fingerprint density at radius 1 is 1.60 bits per heavy atom. The molecule has 6 heteroatoms. The standard InChI is InChI=1S/C14H18N4OS/c1-18(9-4-5-9)8-7-16-13(19)12-11(15)10-3-2-6-17-14(10)20-12/h2-3,6,9H,4-5,7-8,15H2,1H3,(H,16,19). The number of anilines is 1. The molecule has 2 aromatic rings. The molecule has 106 valence electrons. The van der Waals surface area contributed by atoms with Crippen LogP contribution in [-0.4, -0.2) is 42.0 Å². The minimum atomic E-state index is -0.102. The Balaban J connectivity index is 1.64. The fourth-order valence-corrected chi connectivity index (χ4v) is 3.22. The van der Waals surface area contributed by atoms with E-state index in [1.165, 1.54) is 24.2 Å². The van der Waals surface area contributed by atoms with E-state index in [0.29, 0.717) is 23.2 Å². The number of aromatic nitrogens is 1. The molecule has 2 heterocycles. The van der Waals surface area contributed by atoms with Crippen LogP contribution in [0.1, 0.15) is 22.5 Å². The second-order valence-corrected chi connectivity index (χ2v) is 6.17. The molecule has 0 aromatic carbocycles. The summed E-state index contributed by atoms with van der Waals surface area (Å²) in [4.78, 5) is 20.1. The van der Waals surface area contributed by atoms with Crippen LogP contribution in [0.3, 0.4) is 0 Å². The highest BCUT2D eigenvalue weighted by atomic mass is 32.1. The number of rotatable bonds is 5. The number of nitrogens with one attached hydrogen (secondary N) is 1. The predicted molar refractivity (Wildman–Crippen MR) is 82.0 cm³/mol. The summed E-state index contributed by atoms with van der Waals surface area (Å²) < 4.78 is 0. The largest absolute Gasteiger partial charge is 0.397 e. The number of pyridine rings is 1. The van der Waals surface area contributed by atoms with E-state index in [2.05, 4.69) is 22.2 Å². The molecule has 0 aliphatic heterocycles. The molecule has 0 unspecified atom stereocenters. The molecule has 0 radical (unpaired) electrons. The van der Waals surface area contributed by atoms with Gasteiger partial charge in [0.2, 0.25) is 0 Å². The van der Waals surface area contributed by atoms with Crippen molar-refractivity contribution in [3.63, 3.8) is 0 Å². The third-order valence-electron chi connectivity index (χ3n) is 3.63. The van der Waals surface area contributed by atoms with Gasteiger partial charge in [-0.2, -0.15) is 0 Å². The molecule has 2 aromatic heterocycles. The Hall–Kier alpha value is -1.66. The number of carbonyl (C=O) groups is 1. The van der Waals surface area contributed by atoms with Gasteiger partial charge in [-0.05, 0) is 32.0 Å². The van der Waals surface area contributed by atoms with Crippen molar-refractivity contribution in [3.05, 3.63) is 23.2 Å². The van der Waals surface area contributed by atoms with Crippen LogP contribution in [0.15, 0.2) is 18.3 Å². The van der Waals surface area contributed by atoms with Gasteiger partial charge in [-0.1, -0.05) is 0 Å². The fourth-order valence-electron chi connectivity index (χ4n) is 2.24. The van der Waals surface area contributed by atoms with Crippen LogP contribution in [0.2, 0.25) is 0 Å². The normalized spacial score (nSPS) is 14.9. The lowest BCUT2D eigenvalue weighted by Gasteiger charge is -2.15. The van der Waals surface area contributed by atoms with Gasteiger partial charge in [-0.25, -0.2) is 4.98 Å². The second kappa shape index (κ2) is 5.38. The van der Waals surface area contributed by atoms with E-state index in [-0.39, 0.29) is 5.91 Å². The second-order valence-electron chi connectivity index (χ2n) is 5.17. The van der Waals surface area contributed by atoms with Gasteiger partial charge in [0.05, 0.1) is 5.69 Å². The molecule has 1 amide bonds. The number of likely N-dealkylation sites (N-methyl/N-ethyl adjacent to an activating group) is 1. The van der Waals surface area contributed by atoms with Crippen LogP contribution in [0.5, 0.6) is 0 Å². The number of nitrogens with zero attached hydrogens (tertiary/aromatic N) is 2. The topological polar surface area (TPSA) is 71.2 Å². The average molecular weight is 290 g/mol. The quantitative estimate of drug-likeness (QED) is 0.879. The van der Waals surface area contributed by atoms with E-state index < -0.39 is 0 Å². The summed E-state index contributed by atoms with van der Waals surface area (Å²) in [6.45, 7) is 1.52. The van der Waals surface area contributed by atoms with Crippen molar-refractivity contribution in [2.75, 3.05) is 25.9 Å². The summed E-state index contributed by atoms with van der Waals surface area (Å²) in [5.41, 5.74) is 6.56. The van der Waals surface area contributed by atoms with Gasteiger partial charge < -0.3 is 16.0 Å². The zero-order chi connectivity index (χ0) is 14.1. The van der Waals surface area contributed by atoms with Crippen LogP contribution >= 0.6 is 11.3 Å². The number of thiophene rings is 1. The van der Waals surface area contributed by atoms with Gasteiger partial charge >= 0.3 is 0 Å². The molecule has 20 heavy (non-hydrogen) atoms. The zero-order valence-electron chi connectivity index (χ0n) is 11.4. The minimum absolute atomic E-state index is 0.102. The number of amides is 1. The highest BCUT2D eigenvalue weighted by molar-refractivity contribution is 7.21. The summed E-state index contributed by atoms with van der Waals surface area (Å²) in [5.74, 6) is -0.102. The number of hydrogen-bond donors (Lipinski definition) is 2. The molecule has 1 saturated carbocycles. The summed E-state index contributed by atoms with van der Waals surface area (Å²) in [7, 11) is 2.10. The zero-order valence-corrected chi connectivity index (χ0v) is 12.2. The van der Waals surface area contributed by atoms with E-state index in [4.69, 9.17) is 5.73 Å². The fraction of sp³-hybridized carbons (Fsp3) is 0.429. The first kappa shape index (κ1) is 13.3. The lowest BCUT2D eigenvalue weighted by molar-refractivity contribution is 0.0954. The lowest BCUT2D eigenvalue weighted by Crippen LogP contribution is -2.33. The first-order chi connectivity index (χ1) is 9.66. The third-order valence-corrected chi connectivity index (χ3v) is 4.76. The maximum absolute atomic E-state index is 12.2. The Kier molecular flexibility index (Phi) is 3.58. The monoisotopic (exact) mass is 290 g/mol. The highest BCUT2D eigenvalue weighted by Gasteiger charge is 2.25. The predicted octanol–water partition coefficient (Wildman–Crippen LogP) is 1.70. The summed E-state index contributed by atoms with van der Waals surface area (Å²) in [6.07, 6.45) is 4.27. The molecule has 0 atom stereocenters. The maximum atomic E-state index is 12.2. The van der Waals surface area contributed by atoms with Crippen LogP contribution in [0.4, 0.5) is 5.69 Å². The molecular weight excluding hydrogens is 272 g/mol. The minimum Gasteiger partial charge on any atom is -0.397 e. The Bertz CT molecular complexity index is 635. The Labute approximate surface area is 121 Å². The van der Waals surface area contributed by atoms with Crippen LogP contribution in [0.25, 0.3) is 10.2 Å². The number of fused-ring (bicyclic) bond motifs is 1. The number of nitrogen functional groups attached to an aromatic ring is 1. The molecule has 3 rings (SSSR count). The van der Waals surface area contributed by atoms with Gasteiger partial charge in [0.15, 0.2) is 0 Å². The van der Waals surface area contributed by atoms with Crippen molar-refractivity contribution < 1.29 is 4.79 Å². The highest BCUT2D eigenvalue weighted by Crippen LogP contribution is 2.31. The number of nitrogens with two attached hydrogens (primary N) is 1. The van der Waals surface area contributed by atoms with Crippen LogP contribution < -0.4 is 11.1 Å². The number of hydrogen-bond acceptors (Lipinski definition) is 5. The summed E-state index contributed by atoms with van der Waals surface area (Å²) in [6, 6.07) is 4.44. The van der Waals surface area contributed by atoms with Crippen molar-refractivity contribution in [2.45, 2.75) is 18.9 Å². The molecular formula is C14H18N4OS. The van der Waals surface area contributed by atoms with E-state index >= 15 is 0 Å². The molecule has 1 aliphatic rings. The van der Waals surface area contributed by atoms with Gasteiger partial charge in [0.25, 0.3) is 5.91 Å². The molecule has 0 bridgehead atoms. The van der Waals surface area contributed by atoms with Gasteiger partial charge in [-0.15, -0.1) is 11.3 Å².